The standard InChI is InChI=1S/C16H14FN3O3/c1-11(9-22-14-4-2-3-13(17)7-14)23-16(21)12-5-6-15-19-18-10-20(15)8-12/h2-8,10-11H,9H2,1H3/t11-/m1/s1. The molecule has 0 amide bonds. The molecule has 1 aromatic carbocycles. The lowest BCUT2D eigenvalue weighted by atomic mass is 10.3. The number of pyridine rings is 1. The number of nitrogens with zero attached hydrogens (tertiary/aromatic N) is 3. The fourth-order valence-corrected chi connectivity index (χ4v) is 2.00. The van der Waals surface area contributed by atoms with E-state index in [9.17, 15) is 9.18 Å². The molecule has 118 valence electrons. The molecule has 0 bridgehead atoms. The molecule has 3 rings (SSSR count). The van der Waals surface area contributed by atoms with Gasteiger partial charge in [0.2, 0.25) is 0 Å². The highest BCUT2D eigenvalue weighted by atomic mass is 19.1. The summed E-state index contributed by atoms with van der Waals surface area (Å²) in [5, 5.41) is 7.60. The number of halogens is 1. The van der Waals surface area contributed by atoms with Crippen molar-refractivity contribution < 1.29 is 18.7 Å². The number of hydrogen-bond donors (Lipinski definition) is 0. The van der Waals surface area contributed by atoms with E-state index in [0.29, 0.717) is 17.0 Å². The highest BCUT2D eigenvalue weighted by molar-refractivity contribution is 5.89. The molecule has 3 aromatic rings. The number of aromatic nitrogens is 3. The monoisotopic (exact) mass is 315 g/mol. The smallest absolute Gasteiger partial charge is 0.340 e. The summed E-state index contributed by atoms with van der Waals surface area (Å²) in [6, 6.07) is 9.09. The van der Waals surface area contributed by atoms with Crippen LogP contribution in [-0.2, 0) is 4.74 Å². The van der Waals surface area contributed by atoms with Crippen LogP contribution in [0.5, 0.6) is 5.75 Å². The summed E-state index contributed by atoms with van der Waals surface area (Å²) in [6.45, 7) is 1.83. The van der Waals surface area contributed by atoms with Crippen molar-refractivity contribution in [1.29, 1.82) is 0 Å². The molecule has 0 aliphatic heterocycles. The van der Waals surface area contributed by atoms with Crippen LogP contribution in [0.15, 0.2) is 48.9 Å². The van der Waals surface area contributed by atoms with Crippen LogP contribution in [0.1, 0.15) is 17.3 Å². The molecule has 6 nitrogen and oxygen atoms in total. The molecule has 0 radical (unpaired) electrons. The first-order valence-electron chi connectivity index (χ1n) is 7.00. The van der Waals surface area contributed by atoms with E-state index in [1.807, 2.05) is 0 Å². The molecule has 0 aliphatic carbocycles. The normalized spacial score (nSPS) is 12.1. The largest absolute Gasteiger partial charge is 0.490 e. The van der Waals surface area contributed by atoms with Gasteiger partial charge in [-0.2, -0.15) is 0 Å². The molecular weight excluding hydrogens is 301 g/mol. The minimum Gasteiger partial charge on any atom is -0.490 e. The van der Waals surface area contributed by atoms with Gasteiger partial charge in [-0.05, 0) is 31.2 Å². The molecule has 0 spiro atoms. The molecule has 2 heterocycles. The van der Waals surface area contributed by atoms with Crippen molar-refractivity contribution in [2.75, 3.05) is 6.61 Å². The van der Waals surface area contributed by atoms with Gasteiger partial charge >= 0.3 is 5.97 Å². The Hall–Kier alpha value is -2.96. The van der Waals surface area contributed by atoms with Gasteiger partial charge in [0.15, 0.2) is 5.65 Å². The van der Waals surface area contributed by atoms with Crippen molar-refractivity contribution in [1.82, 2.24) is 14.6 Å². The van der Waals surface area contributed by atoms with Gasteiger partial charge in [0.1, 0.15) is 30.6 Å². The van der Waals surface area contributed by atoms with Crippen LogP contribution < -0.4 is 4.74 Å². The van der Waals surface area contributed by atoms with Crippen LogP contribution in [0.2, 0.25) is 0 Å². The van der Waals surface area contributed by atoms with Crippen LogP contribution in [0.4, 0.5) is 4.39 Å². The fourth-order valence-electron chi connectivity index (χ4n) is 2.00. The number of hydrogen-bond acceptors (Lipinski definition) is 5. The number of fused-ring (bicyclic) bond motifs is 1. The summed E-state index contributed by atoms with van der Waals surface area (Å²) >= 11 is 0. The molecule has 1 atom stereocenters. The van der Waals surface area contributed by atoms with Crippen molar-refractivity contribution in [3.05, 3.63) is 60.3 Å². The molecule has 0 saturated heterocycles. The number of carbonyl (C=O) groups is 1. The number of benzene rings is 1. The zero-order valence-electron chi connectivity index (χ0n) is 12.3. The summed E-state index contributed by atoms with van der Waals surface area (Å²) in [4.78, 5) is 12.1. The molecule has 0 unspecified atom stereocenters. The van der Waals surface area contributed by atoms with Crippen LogP contribution in [0.25, 0.3) is 5.65 Å². The first-order valence-corrected chi connectivity index (χ1v) is 7.00. The van der Waals surface area contributed by atoms with Gasteiger partial charge in [0.25, 0.3) is 0 Å². The average Bonchev–Trinajstić information content (AvgIpc) is 3.00. The van der Waals surface area contributed by atoms with Crippen LogP contribution in [0.3, 0.4) is 0 Å². The summed E-state index contributed by atoms with van der Waals surface area (Å²) in [5.74, 6) is -0.468. The highest BCUT2D eigenvalue weighted by Crippen LogP contribution is 2.13. The second-order valence-corrected chi connectivity index (χ2v) is 5.00. The summed E-state index contributed by atoms with van der Waals surface area (Å²) < 4.78 is 25.4. The number of esters is 1. The first-order chi connectivity index (χ1) is 11.1. The van der Waals surface area contributed by atoms with Crippen molar-refractivity contribution >= 4 is 11.6 Å². The summed E-state index contributed by atoms with van der Waals surface area (Å²) in [7, 11) is 0. The summed E-state index contributed by atoms with van der Waals surface area (Å²) in [5.41, 5.74) is 1.03. The average molecular weight is 315 g/mol. The molecule has 7 heteroatoms. The van der Waals surface area contributed by atoms with Crippen LogP contribution >= 0.6 is 0 Å². The van der Waals surface area contributed by atoms with Crippen molar-refractivity contribution in [2.45, 2.75) is 13.0 Å². The number of carbonyl (C=O) groups excluding carboxylic acids is 1. The Morgan fingerprint density at radius 1 is 1.35 bits per heavy atom. The predicted molar refractivity (Wildman–Crippen MR) is 79.8 cm³/mol. The molecule has 0 saturated carbocycles. The van der Waals surface area contributed by atoms with Gasteiger partial charge in [0.05, 0.1) is 5.56 Å². The molecule has 23 heavy (non-hydrogen) atoms. The van der Waals surface area contributed by atoms with E-state index in [0.717, 1.165) is 0 Å². The Kier molecular flexibility index (Phi) is 4.18. The Balaban J connectivity index is 1.58. The van der Waals surface area contributed by atoms with Gasteiger partial charge in [-0.15, -0.1) is 10.2 Å². The second-order valence-electron chi connectivity index (χ2n) is 5.00. The van der Waals surface area contributed by atoms with Crippen molar-refractivity contribution in [3.63, 3.8) is 0 Å². The minimum absolute atomic E-state index is 0.129. The number of rotatable bonds is 5. The SMILES string of the molecule is C[C@H](COc1cccc(F)c1)OC(=O)c1ccc2nncn2c1. The first kappa shape index (κ1) is 15.0. The zero-order chi connectivity index (χ0) is 16.2. The predicted octanol–water partition coefficient (Wildman–Crippen LogP) is 2.49. The van der Waals surface area contributed by atoms with Gasteiger partial charge < -0.3 is 9.47 Å². The molecule has 0 aliphatic rings. The van der Waals surface area contributed by atoms with E-state index in [4.69, 9.17) is 9.47 Å². The zero-order valence-corrected chi connectivity index (χ0v) is 12.3. The third-order valence-electron chi connectivity index (χ3n) is 3.12. The highest BCUT2D eigenvalue weighted by Gasteiger charge is 2.13. The van der Waals surface area contributed by atoms with Gasteiger partial charge in [-0.25, -0.2) is 9.18 Å². The molecule has 0 fully saturated rings. The van der Waals surface area contributed by atoms with E-state index < -0.39 is 12.1 Å². The molecule has 0 N–H and O–H groups in total. The van der Waals surface area contributed by atoms with E-state index >= 15 is 0 Å². The third kappa shape index (κ3) is 3.63. The van der Waals surface area contributed by atoms with Gasteiger partial charge in [-0.1, -0.05) is 6.07 Å². The lowest BCUT2D eigenvalue weighted by molar-refractivity contribution is 0.0227. The Bertz CT molecular complexity index is 834. The second kappa shape index (κ2) is 6.43. The number of ether oxygens (including phenoxy) is 2. The van der Waals surface area contributed by atoms with Gasteiger partial charge in [-0.3, -0.25) is 4.40 Å². The van der Waals surface area contributed by atoms with Crippen molar-refractivity contribution in [3.8, 4) is 5.75 Å². The third-order valence-corrected chi connectivity index (χ3v) is 3.12. The van der Waals surface area contributed by atoms with E-state index in [1.165, 1.54) is 18.5 Å². The van der Waals surface area contributed by atoms with Crippen LogP contribution in [0, 0.1) is 5.82 Å². The fraction of sp³-hybridized carbons (Fsp3) is 0.188. The summed E-state index contributed by atoms with van der Waals surface area (Å²) in [6.07, 6.45) is 2.61. The topological polar surface area (TPSA) is 65.7 Å². The quantitative estimate of drug-likeness (QED) is 0.677. The maximum Gasteiger partial charge on any atom is 0.340 e. The maximum atomic E-state index is 13.0. The van der Waals surface area contributed by atoms with Crippen LogP contribution in [-0.4, -0.2) is 33.3 Å². The van der Waals surface area contributed by atoms with E-state index in [2.05, 4.69) is 10.2 Å². The van der Waals surface area contributed by atoms with Gasteiger partial charge in [0, 0.05) is 12.3 Å². The molecular formula is C16H14FN3O3. The lowest BCUT2D eigenvalue weighted by Gasteiger charge is -2.14. The minimum atomic E-state index is -0.484. The Labute approximate surface area is 131 Å². The van der Waals surface area contributed by atoms with E-state index in [1.54, 1.807) is 41.8 Å². The van der Waals surface area contributed by atoms with E-state index in [-0.39, 0.29) is 12.4 Å². The lowest BCUT2D eigenvalue weighted by Crippen LogP contribution is -2.22. The maximum absolute atomic E-state index is 13.0. The van der Waals surface area contributed by atoms with Crippen molar-refractivity contribution in [2.24, 2.45) is 0 Å². The Morgan fingerprint density at radius 3 is 3.04 bits per heavy atom. The Morgan fingerprint density at radius 2 is 2.22 bits per heavy atom. The molecule has 2 aromatic heterocycles.